The molecule has 4 heteroatoms. The Bertz CT molecular complexity index is 442. The molecular weight excluding hydrogens is 254 g/mol. The number of rotatable bonds is 5. The van der Waals surface area contributed by atoms with Crippen LogP contribution in [0.5, 0.6) is 5.75 Å². The number of aliphatic hydroxyl groups excluding tert-OH is 1. The Hall–Kier alpha value is -1.55. The van der Waals surface area contributed by atoms with Crippen molar-refractivity contribution in [2.24, 2.45) is 5.92 Å². The summed E-state index contributed by atoms with van der Waals surface area (Å²) in [5, 5.41) is 9.56. The van der Waals surface area contributed by atoms with E-state index >= 15 is 0 Å². The van der Waals surface area contributed by atoms with Gasteiger partial charge in [0, 0.05) is 25.4 Å². The molecule has 110 valence electrons. The molecule has 2 unspecified atom stereocenters. The number of ether oxygens (including phenoxy) is 1. The zero-order valence-corrected chi connectivity index (χ0v) is 12.2. The molecule has 1 aliphatic heterocycles. The average molecular weight is 277 g/mol. The highest BCUT2D eigenvalue weighted by Gasteiger charge is 2.28. The van der Waals surface area contributed by atoms with E-state index in [1.807, 2.05) is 29.2 Å². The number of aryl methyl sites for hydroxylation is 1. The van der Waals surface area contributed by atoms with Gasteiger partial charge < -0.3 is 14.7 Å². The summed E-state index contributed by atoms with van der Waals surface area (Å²) in [6.45, 7) is 3.27. The lowest BCUT2D eigenvalue weighted by atomic mass is 10.0. The minimum Gasteiger partial charge on any atom is -0.497 e. The quantitative estimate of drug-likeness (QED) is 0.893. The van der Waals surface area contributed by atoms with Crippen molar-refractivity contribution < 1.29 is 14.6 Å². The summed E-state index contributed by atoms with van der Waals surface area (Å²) in [6, 6.07) is 7.82. The van der Waals surface area contributed by atoms with Gasteiger partial charge in [-0.25, -0.2) is 0 Å². The van der Waals surface area contributed by atoms with Crippen LogP contribution in [-0.2, 0) is 11.2 Å². The van der Waals surface area contributed by atoms with Gasteiger partial charge in [-0.3, -0.25) is 4.79 Å². The van der Waals surface area contributed by atoms with Crippen LogP contribution in [0.4, 0.5) is 0 Å². The number of nitrogens with zero attached hydrogens (tertiary/aromatic N) is 1. The van der Waals surface area contributed by atoms with E-state index < -0.39 is 0 Å². The summed E-state index contributed by atoms with van der Waals surface area (Å²) in [4.78, 5) is 14.0. The number of carbonyl (C=O) groups is 1. The van der Waals surface area contributed by atoms with E-state index in [1.54, 1.807) is 14.0 Å². The summed E-state index contributed by atoms with van der Waals surface area (Å²) < 4.78 is 5.11. The van der Waals surface area contributed by atoms with Crippen LogP contribution >= 0.6 is 0 Å². The SMILES string of the molecule is COc1ccc(CCC(=O)N2CCC(C(C)O)C2)cc1. The van der Waals surface area contributed by atoms with Gasteiger partial charge in [-0.05, 0) is 37.5 Å². The minimum absolute atomic E-state index is 0.184. The summed E-state index contributed by atoms with van der Waals surface area (Å²) >= 11 is 0. The Kier molecular flexibility index (Phi) is 5.01. The van der Waals surface area contributed by atoms with Crippen molar-refractivity contribution in [2.45, 2.75) is 32.3 Å². The zero-order valence-electron chi connectivity index (χ0n) is 12.2. The van der Waals surface area contributed by atoms with Crippen molar-refractivity contribution in [1.29, 1.82) is 0 Å². The van der Waals surface area contributed by atoms with Crippen molar-refractivity contribution in [2.75, 3.05) is 20.2 Å². The molecule has 0 spiro atoms. The van der Waals surface area contributed by atoms with E-state index in [-0.39, 0.29) is 17.9 Å². The van der Waals surface area contributed by atoms with Crippen LogP contribution < -0.4 is 4.74 Å². The highest BCUT2D eigenvalue weighted by atomic mass is 16.5. The maximum atomic E-state index is 12.1. The van der Waals surface area contributed by atoms with Crippen LogP contribution in [0, 0.1) is 5.92 Å². The minimum atomic E-state index is -0.325. The molecule has 1 N–H and O–H groups in total. The first kappa shape index (κ1) is 14.9. The summed E-state index contributed by atoms with van der Waals surface area (Å²) in [5.41, 5.74) is 1.14. The third-order valence-corrected chi connectivity index (χ3v) is 4.05. The average Bonchev–Trinajstić information content (AvgIpc) is 2.95. The molecule has 0 saturated carbocycles. The molecule has 0 bridgehead atoms. The van der Waals surface area contributed by atoms with Gasteiger partial charge >= 0.3 is 0 Å². The van der Waals surface area contributed by atoms with Crippen molar-refractivity contribution in [3.05, 3.63) is 29.8 Å². The number of hydrogen-bond acceptors (Lipinski definition) is 3. The Morgan fingerprint density at radius 2 is 2.15 bits per heavy atom. The molecule has 0 aromatic heterocycles. The van der Waals surface area contributed by atoms with Gasteiger partial charge in [-0.1, -0.05) is 12.1 Å². The van der Waals surface area contributed by atoms with E-state index in [0.29, 0.717) is 13.0 Å². The van der Waals surface area contributed by atoms with E-state index in [2.05, 4.69) is 0 Å². The fraction of sp³-hybridized carbons (Fsp3) is 0.562. The first-order valence-electron chi connectivity index (χ1n) is 7.19. The third-order valence-electron chi connectivity index (χ3n) is 4.05. The van der Waals surface area contributed by atoms with Crippen LogP contribution in [0.25, 0.3) is 0 Å². The Balaban J connectivity index is 1.80. The van der Waals surface area contributed by atoms with Gasteiger partial charge in [-0.15, -0.1) is 0 Å². The van der Waals surface area contributed by atoms with Crippen molar-refractivity contribution >= 4 is 5.91 Å². The molecule has 1 aromatic carbocycles. The number of aliphatic hydroxyl groups is 1. The molecule has 2 atom stereocenters. The predicted octanol–water partition coefficient (Wildman–Crippen LogP) is 1.86. The summed E-state index contributed by atoms with van der Waals surface area (Å²) in [5.74, 6) is 1.25. The van der Waals surface area contributed by atoms with Crippen molar-refractivity contribution in [3.63, 3.8) is 0 Å². The number of carbonyl (C=O) groups excluding carboxylic acids is 1. The predicted molar refractivity (Wildman–Crippen MR) is 77.7 cm³/mol. The lowest BCUT2D eigenvalue weighted by Crippen LogP contribution is -2.30. The van der Waals surface area contributed by atoms with E-state index in [1.165, 1.54) is 0 Å². The lowest BCUT2D eigenvalue weighted by Gasteiger charge is -2.17. The molecule has 20 heavy (non-hydrogen) atoms. The highest BCUT2D eigenvalue weighted by molar-refractivity contribution is 5.76. The molecule has 2 rings (SSSR count). The molecule has 1 saturated heterocycles. The van der Waals surface area contributed by atoms with Gasteiger partial charge in [0.25, 0.3) is 0 Å². The second kappa shape index (κ2) is 6.75. The zero-order chi connectivity index (χ0) is 14.5. The number of likely N-dealkylation sites (tertiary alicyclic amines) is 1. The fourth-order valence-corrected chi connectivity index (χ4v) is 2.61. The smallest absolute Gasteiger partial charge is 0.222 e. The molecule has 0 aliphatic carbocycles. The molecule has 1 fully saturated rings. The standard InChI is InChI=1S/C16H23NO3/c1-12(18)14-9-10-17(11-14)16(19)8-5-13-3-6-15(20-2)7-4-13/h3-4,6-7,12,14,18H,5,8-11H2,1-2H3. The molecule has 1 aromatic rings. The molecule has 1 amide bonds. The number of methoxy groups -OCH3 is 1. The first-order valence-corrected chi connectivity index (χ1v) is 7.19. The number of amides is 1. The van der Waals surface area contributed by atoms with Gasteiger partial charge in [0.15, 0.2) is 0 Å². The highest BCUT2D eigenvalue weighted by Crippen LogP contribution is 2.21. The van der Waals surface area contributed by atoms with E-state index in [4.69, 9.17) is 4.74 Å². The topological polar surface area (TPSA) is 49.8 Å². The van der Waals surface area contributed by atoms with Crippen LogP contribution in [0.1, 0.15) is 25.3 Å². The second-order valence-electron chi connectivity index (χ2n) is 5.48. The molecule has 1 aliphatic rings. The van der Waals surface area contributed by atoms with Crippen LogP contribution in [-0.4, -0.2) is 42.2 Å². The maximum absolute atomic E-state index is 12.1. The van der Waals surface area contributed by atoms with Crippen LogP contribution in [0.2, 0.25) is 0 Å². The molecular formula is C16H23NO3. The van der Waals surface area contributed by atoms with Gasteiger partial charge in [0.2, 0.25) is 5.91 Å². The maximum Gasteiger partial charge on any atom is 0.222 e. The Labute approximate surface area is 120 Å². The first-order chi connectivity index (χ1) is 9.60. The largest absolute Gasteiger partial charge is 0.497 e. The fourth-order valence-electron chi connectivity index (χ4n) is 2.61. The normalized spacial score (nSPS) is 19.9. The molecule has 4 nitrogen and oxygen atoms in total. The molecule has 0 radical (unpaired) electrons. The summed E-state index contributed by atoms with van der Waals surface area (Å²) in [7, 11) is 1.64. The van der Waals surface area contributed by atoms with Gasteiger partial charge in [0.1, 0.15) is 5.75 Å². The number of hydrogen-bond donors (Lipinski definition) is 1. The second-order valence-corrected chi connectivity index (χ2v) is 5.48. The molecule has 1 heterocycles. The summed E-state index contributed by atoms with van der Waals surface area (Å²) in [6.07, 6.45) is 1.86. The Morgan fingerprint density at radius 3 is 2.70 bits per heavy atom. The van der Waals surface area contributed by atoms with E-state index in [9.17, 15) is 9.90 Å². The van der Waals surface area contributed by atoms with Crippen LogP contribution in [0.3, 0.4) is 0 Å². The van der Waals surface area contributed by atoms with Gasteiger partial charge in [0.05, 0.1) is 13.2 Å². The van der Waals surface area contributed by atoms with Crippen molar-refractivity contribution in [3.8, 4) is 5.75 Å². The van der Waals surface area contributed by atoms with E-state index in [0.717, 1.165) is 30.7 Å². The monoisotopic (exact) mass is 277 g/mol. The Morgan fingerprint density at radius 1 is 1.45 bits per heavy atom. The number of benzene rings is 1. The van der Waals surface area contributed by atoms with Crippen LogP contribution in [0.15, 0.2) is 24.3 Å². The lowest BCUT2D eigenvalue weighted by molar-refractivity contribution is -0.130. The third kappa shape index (κ3) is 3.73. The van der Waals surface area contributed by atoms with Crippen molar-refractivity contribution in [1.82, 2.24) is 4.90 Å². The van der Waals surface area contributed by atoms with Gasteiger partial charge in [-0.2, -0.15) is 0 Å².